The van der Waals surface area contributed by atoms with Gasteiger partial charge in [-0.15, -0.1) is 0 Å². The molecule has 7 nitrogen and oxygen atoms in total. The molecule has 4 rings (SSSR count). The molecule has 154 valence electrons. The number of rotatable bonds is 6. The fraction of sp³-hybridized carbons (Fsp3) is 0.0417. The molecule has 0 aliphatic heterocycles. The molecule has 4 aromatic rings. The van der Waals surface area contributed by atoms with Crippen molar-refractivity contribution in [1.29, 1.82) is 0 Å². The van der Waals surface area contributed by atoms with Gasteiger partial charge in [-0.1, -0.05) is 24.3 Å². The van der Waals surface area contributed by atoms with Crippen LogP contribution in [0.4, 0.5) is 0 Å². The second-order valence-electron chi connectivity index (χ2n) is 6.69. The van der Waals surface area contributed by atoms with Gasteiger partial charge in [-0.25, -0.2) is 5.43 Å². The number of benzene rings is 3. The molecule has 1 amide bonds. The zero-order valence-corrected chi connectivity index (χ0v) is 16.3. The summed E-state index contributed by atoms with van der Waals surface area (Å²) in [6.45, 7) is 0.0609. The van der Waals surface area contributed by atoms with Crippen molar-refractivity contribution in [3.05, 3.63) is 106 Å². The van der Waals surface area contributed by atoms with E-state index in [4.69, 9.17) is 9.15 Å². The summed E-state index contributed by atoms with van der Waals surface area (Å²) in [6, 6.07) is 20.0. The van der Waals surface area contributed by atoms with E-state index < -0.39 is 5.91 Å². The van der Waals surface area contributed by atoms with Gasteiger partial charge in [0.2, 0.25) is 0 Å². The molecule has 0 bridgehead atoms. The van der Waals surface area contributed by atoms with Gasteiger partial charge < -0.3 is 14.3 Å². The third kappa shape index (κ3) is 4.79. The van der Waals surface area contributed by atoms with Crippen molar-refractivity contribution in [2.75, 3.05) is 0 Å². The molecular formula is C24H18N2O5. The third-order valence-electron chi connectivity index (χ3n) is 4.51. The number of carbonyl (C=O) groups is 1. The number of hydrogen-bond acceptors (Lipinski definition) is 6. The number of hydrazone groups is 1. The first-order chi connectivity index (χ1) is 15.1. The van der Waals surface area contributed by atoms with E-state index >= 15 is 0 Å². The molecule has 0 aliphatic rings. The van der Waals surface area contributed by atoms with Crippen LogP contribution in [0.15, 0.2) is 93.4 Å². The lowest BCUT2D eigenvalue weighted by atomic mass is 10.2. The van der Waals surface area contributed by atoms with Crippen molar-refractivity contribution < 1.29 is 19.1 Å². The third-order valence-corrected chi connectivity index (χ3v) is 4.51. The smallest absolute Gasteiger partial charge is 0.271 e. The lowest BCUT2D eigenvalue weighted by molar-refractivity contribution is 0.0955. The van der Waals surface area contributed by atoms with E-state index in [9.17, 15) is 14.7 Å². The fourth-order valence-electron chi connectivity index (χ4n) is 2.91. The first-order valence-electron chi connectivity index (χ1n) is 9.45. The second kappa shape index (κ2) is 8.96. The summed E-state index contributed by atoms with van der Waals surface area (Å²) in [5.74, 6) is 0.228. The molecule has 1 aromatic heterocycles. The van der Waals surface area contributed by atoms with Crippen LogP contribution in [-0.4, -0.2) is 17.2 Å². The maximum Gasteiger partial charge on any atom is 0.271 e. The average Bonchev–Trinajstić information content (AvgIpc) is 2.79. The van der Waals surface area contributed by atoms with Gasteiger partial charge in [0.15, 0.2) is 5.43 Å². The standard InChI is InChI=1S/C24H18N2O5/c27-19-10-8-17(9-11-19)24(29)26-25-13-16-4-3-5-20(12-16)30-14-18-15-31-22-7-2-1-6-21(22)23(18)28/h1-13,15,27H,14H2,(H,26,29)/b25-13+. The summed E-state index contributed by atoms with van der Waals surface area (Å²) in [4.78, 5) is 24.6. The Morgan fingerprint density at radius 1 is 1.06 bits per heavy atom. The largest absolute Gasteiger partial charge is 0.508 e. The van der Waals surface area contributed by atoms with Crippen LogP contribution in [0.25, 0.3) is 11.0 Å². The quantitative estimate of drug-likeness (QED) is 0.369. The average molecular weight is 414 g/mol. The summed E-state index contributed by atoms with van der Waals surface area (Å²) in [5, 5.41) is 13.7. The Hall–Kier alpha value is -4.39. The number of phenols is 1. The number of nitrogens with zero attached hydrogens (tertiary/aromatic N) is 1. The molecule has 0 spiro atoms. The Morgan fingerprint density at radius 2 is 1.87 bits per heavy atom. The van der Waals surface area contributed by atoms with E-state index in [1.165, 1.54) is 36.7 Å². The zero-order valence-electron chi connectivity index (χ0n) is 16.3. The Kier molecular flexibility index (Phi) is 5.75. The van der Waals surface area contributed by atoms with Crippen LogP contribution in [0.2, 0.25) is 0 Å². The molecule has 0 saturated heterocycles. The normalized spacial score (nSPS) is 11.0. The molecule has 0 saturated carbocycles. The Bertz CT molecular complexity index is 1310. The molecule has 0 fully saturated rings. The number of aromatic hydroxyl groups is 1. The molecule has 0 unspecified atom stereocenters. The molecule has 0 radical (unpaired) electrons. The summed E-state index contributed by atoms with van der Waals surface area (Å²) >= 11 is 0. The van der Waals surface area contributed by atoms with Gasteiger partial charge in [0, 0.05) is 5.56 Å². The van der Waals surface area contributed by atoms with Crippen LogP contribution >= 0.6 is 0 Å². The van der Waals surface area contributed by atoms with Gasteiger partial charge in [-0.05, 0) is 54.1 Å². The number of nitrogens with one attached hydrogen (secondary N) is 1. The number of carbonyl (C=O) groups excluding carboxylic acids is 1. The fourth-order valence-corrected chi connectivity index (χ4v) is 2.91. The summed E-state index contributed by atoms with van der Waals surface area (Å²) in [5.41, 5.74) is 4.32. The van der Waals surface area contributed by atoms with Crippen molar-refractivity contribution in [3.8, 4) is 11.5 Å². The number of phenolic OH excluding ortho intramolecular Hbond substituents is 1. The summed E-state index contributed by atoms with van der Waals surface area (Å²) < 4.78 is 11.2. The summed E-state index contributed by atoms with van der Waals surface area (Å²) in [6.07, 6.45) is 2.89. The molecule has 31 heavy (non-hydrogen) atoms. The van der Waals surface area contributed by atoms with Crippen molar-refractivity contribution in [2.45, 2.75) is 6.61 Å². The molecule has 1 heterocycles. The van der Waals surface area contributed by atoms with Crippen molar-refractivity contribution >= 4 is 23.1 Å². The van der Waals surface area contributed by atoms with E-state index in [-0.39, 0.29) is 17.8 Å². The van der Waals surface area contributed by atoms with Gasteiger partial charge in [0.1, 0.15) is 30.0 Å². The SMILES string of the molecule is O=C(N/N=C/c1cccc(OCc2coc3ccccc3c2=O)c1)c1ccc(O)cc1. The maximum absolute atomic E-state index is 12.5. The molecule has 3 aromatic carbocycles. The van der Waals surface area contributed by atoms with Crippen molar-refractivity contribution in [2.24, 2.45) is 5.10 Å². The summed E-state index contributed by atoms with van der Waals surface area (Å²) in [7, 11) is 0. The van der Waals surface area contributed by atoms with Crippen LogP contribution in [-0.2, 0) is 6.61 Å². The van der Waals surface area contributed by atoms with E-state index in [1.807, 2.05) is 6.07 Å². The highest BCUT2D eigenvalue weighted by Crippen LogP contribution is 2.15. The van der Waals surface area contributed by atoms with Crippen LogP contribution < -0.4 is 15.6 Å². The van der Waals surface area contributed by atoms with Gasteiger partial charge in [0.05, 0.1) is 17.2 Å². The van der Waals surface area contributed by atoms with Gasteiger partial charge in [-0.2, -0.15) is 5.10 Å². The predicted octanol–water partition coefficient (Wildman–Crippen LogP) is 3.84. The van der Waals surface area contributed by atoms with Gasteiger partial charge in [-0.3, -0.25) is 9.59 Å². The maximum atomic E-state index is 12.5. The molecular weight excluding hydrogens is 396 g/mol. The minimum atomic E-state index is -0.397. The zero-order chi connectivity index (χ0) is 21.6. The van der Waals surface area contributed by atoms with Crippen LogP contribution in [0.3, 0.4) is 0 Å². The van der Waals surface area contributed by atoms with Crippen LogP contribution in [0.5, 0.6) is 11.5 Å². The predicted molar refractivity (Wildman–Crippen MR) is 116 cm³/mol. The highest BCUT2D eigenvalue weighted by atomic mass is 16.5. The van der Waals surface area contributed by atoms with E-state index in [0.717, 1.165) is 0 Å². The van der Waals surface area contributed by atoms with E-state index in [2.05, 4.69) is 10.5 Å². The Balaban J connectivity index is 1.40. The van der Waals surface area contributed by atoms with E-state index in [1.54, 1.807) is 42.5 Å². The Morgan fingerprint density at radius 3 is 2.71 bits per heavy atom. The number of hydrogen-bond donors (Lipinski definition) is 2. The Labute approximate surface area is 177 Å². The molecule has 7 heteroatoms. The monoisotopic (exact) mass is 414 g/mol. The minimum absolute atomic E-state index is 0.0609. The van der Waals surface area contributed by atoms with Crippen molar-refractivity contribution in [3.63, 3.8) is 0 Å². The number of para-hydroxylation sites is 1. The number of amides is 1. The first-order valence-corrected chi connectivity index (χ1v) is 9.45. The number of ether oxygens (including phenoxy) is 1. The molecule has 0 atom stereocenters. The van der Waals surface area contributed by atoms with Crippen LogP contribution in [0.1, 0.15) is 21.5 Å². The van der Waals surface area contributed by atoms with Gasteiger partial charge >= 0.3 is 0 Å². The topological polar surface area (TPSA) is 101 Å². The molecule has 2 N–H and O–H groups in total. The van der Waals surface area contributed by atoms with Crippen LogP contribution in [0, 0.1) is 0 Å². The minimum Gasteiger partial charge on any atom is -0.508 e. The molecule has 0 aliphatic carbocycles. The second-order valence-corrected chi connectivity index (χ2v) is 6.69. The lowest BCUT2D eigenvalue weighted by Gasteiger charge is -2.07. The highest BCUT2D eigenvalue weighted by molar-refractivity contribution is 5.95. The first kappa shape index (κ1) is 19.9. The highest BCUT2D eigenvalue weighted by Gasteiger charge is 2.07. The lowest BCUT2D eigenvalue weighted by Crippen LogP contribution is -2.17. The van der Waals surface area contributed by atoms with Gasteiger partial charge in [0.25, 0.3) is 5.91 Å². The van der Waals surface area contributed by atoms with E-state index in [0.29, 0.717) is 33.4 Å². The van der Waals surface area contributed by atoms with Crippen molar-refractivity contribution in [1.82, 2.24) is 5.43 Å². The number of fused-ring (bicyclic) bond motifs is 1.